The summed E-state index contributed by atoms with van der Waals surface area (Å²) in [5, 5.41) is 11.7. The van der Waals surface area contributed by atoms with Gasteiger partial charge in [0.25, 0.3) is 0 Å². The van der Waals surface area contributed by atoms with Gasteiger partial charge in [-0.1, -0.05) is 62.1 Å². The van der Waals surface area contributed by atoms with Crippen molar-refractivity contribution in [2.45, 2.75) is 101 Å². The first kappa shape index (κ1) is 35.6. The molecule has 1 aliphatic heterocycles. The zero-order valence-electron chi connectivity index (χ0n) is 20.3. The van der Waals surface area contributed by atoms with Gasteiger partial charge in [-0.25, -0.2) is 0 Å². The summed E-state index contributed by atoms with van der Waals surface area (Å²) in [6.45, 7) is 4.48. The van der Waals surface area contributed by atoms with E-state index in [2.05, 4.69) is 47.9 Å². The van der Waals surface area contributed by atoms with Crippen molar-refractivity contribution in [1.82, 2.24) is 0 Å². The number of carbonyl (C=O) groups excluding carboxylic acids is 1. The fourth-order valence-corrected chi connectivity index (χ4v) is 6.90. The number of fused-ring (bicyclic) bond motifs is 4. The van der Waals surface area contributed by atoms with Gasteiger partial charge in [-0.05, 0) is 91.4 Å². The van der Waals surface area contributed by atoms with Crippen LogP contribution in [-0.2, 0) is 9.53 Å². The molecule has 1 N–H and O–H groups in total. The summed E-state index contributed by atoms with van der Waals surface area (Å²) >= 11 is 0. The summed E-state index contributed by atoms with van der Waals surface area (Å²) in [7, 11) is 4.10. The number of rotatable bonds is 2. The van der Waals surface area contributed by atoms with E-state index in [9.17, 15) is 9.90 Å². The minimum absolute atomic E-state index is 0. The molecule has 214 valence electrons. The highest BCUT2D eigenvalue weighted by atomic mass is 16.5. The lowest BCUT2D eigenvalue weighted by atomic mass is 9.61. The third kappa shape index (κ3) is 5.51. The number of ketones is 1. The lowest BCUT2D eigenvalue weighted by Crippen LogP contribution is -2.48. The van der Waals surface area contributed by atoms with Crippen LogP contribution >= 0.6 is 0 Å². The number of carbonyl (C=O) groups is 1. The van der Waals surface area contributed by atoms with Gasteiger partial charge < -0.3 is 14.7 Å². The molecule has 1 heterocycles. The van der Waals surface area contributed by atoms with Gasteiger partial charge in [-0.3, -0.25) is 4.79 Å². The number of anilines is 1. The maximum atomic E-state index is 12.2. The van der Waals surface area contributed by atoms with Crippen LogP contribution in [0.3, 0.4) is 0 Å². The van der Waals surface area contributed by atoms with Gasteiger partial charge in [0.1, 0.15) is 11.7 Å². The van der Waals surface area contributed by atoms with E-state index in [-0.39, 0.29) is 49.0 Å². The maximum absolute atomic E-state index is 12.2. The van der Waals surface area contributed by atoms with Gasteiger partial charge in [0.05, 0.1) is 6.61 Å². The Balaban J connectivity index is 0.00000274. The predicted molar refractivity (Wildman–Crippen MR) is 164 cm³/mol. The van der Waals surface area contributed by atoms with Crippen molar-refractivity contribution in [3.8, 4) is 11.8 Å². The molecule has 4 nitrogen and oxygen atoms in total. The zero-order chi connectivity index (χ0) is 23.4. The Morgan fingerprint density at radius 1 is 1.00 bits per heavy atom. The molecule has 4 heteroatoms. The van der Waals surface area contributed by atoms with Crippen molar-refractivity contribution in [3.63, 3.8) is 0 Å². The van der Waals surface area contributed by atoms with E-state index in [1.807, 2.05) is 27.1 Å². The lowest BCUT2D eigenvalue weighted by Gasteiger charge is -2.42. The van der Waals surface area contributed by atoms with E-state index in [1.54, 1.807) is 0 Å². The monoisotopic (exact) mass is 525 g/mol. The minimum Gasteiger partial charge on any atom is -0.378 e. The van der Waals surface area contributed by atoms with E-state index in [0.29, 0.717) is 31.3 Å². The second-order valence-corrected chi connectivity index (χ2v) is 10.7. The van der Waals surface area contributed by atoms with Gasteiger partial charge in [-0.2, -0.15) is 0 Å². The van der Waals surface area contributed by atoms with Crippen molar-refractivity contribution in [3.05, 3.63) is 52.6 Å². The molecule has 2 fully saturated rings. The molecule has 4 aliphatic rings. The lowest BCUT2D eigenvalue weighted by molar-refractivity contribution is -0.114. The largest absolute Gasteiger partial charge is 0.378 e. The molecule has 1 aromatic rings. The molecule has 1 saturated carbocycles. The summed E-state index contributed by atoms with van der Waals surface area (Å²) in [6, 6.07) is 8.65. The molecule has 5 rings (SSSR count). The van der Waals surface area contributed by atoms with E-state index in [1.165, 1.54) is 16.7 Å². The SMILES string of the molecule is C.C.C.C.C.CC#C[C@]1(O)CCC2C3CCC4=CC(=O)CCC4=C3[C@@H](c3ccc(N(C)C)cc3)OC[C@@]21C. The third-order valence-electron chi connectivity index (χ3n) is 8.76. The molecule has 1 aromatic carbocycles. The summed E-state index contributed by atoms with van der Waals surface area (Å²) in [5.74, 6) is 7.06. The number of hydrogen-bond donors (Lipinski definition) is 1. The van der Waals surface area contributed by atoms with Gasteiger partial charge in [0, 0.05) is 31.6 Å². The highest BCUT2D eigenvalue weighted by molar-refractivity contribution is 5.93. The van der Waals surface area contributed by atoms with Crippen LogP contribution < -0.4 is 4.90 Å². The third-order valence-corrected chi connectivity index (χ3v) is 8.76. The maximum Gasteiger partial charge on any atom is 0.156 e. The van der Waals surface area contributed by atoms with Crippen LogP contribution in [0.2, 0.25) is 0 Å². The van der Waals surface area contributed by atoms with Crippen LogP contribution in [0.25, 0.3) is 0 Å². The predicted octanol–water partition coefficient (Wildman–Crippen LogP) is 8.17. The van der Waals surface area contributed by atoms with E-state index in [0.717, 1.165) is 36.9 Å². The minimum atomic E-state index is -1.02. The smallest absolute Gasteiger partial charge is 0.156 e. The quantitative estimate of drug-likeness (QED) is 0.396. The van der Waals surface area contributed by atoms with Crippen molar-refractivity contribution in [1.29, 1.82) is 0 Å². The van der Waals surface area contributed by atoms with Crippen molar-refractivity contribution in [2.75, 3.05) is 25.6 Å². The second kappa shape index (κ2) is 13.1. The Hall–Kier alpha value is -2.35. The van der Waals surface area contributed by atoms with E-state index < -0.39 is 11.0 Å². The molecular weight excluding hydrogens is 470 g/mol. The van der Waals surface area contributed by atoms with Crippen LogP contribution in [0, 0.1) is 29.1 Å². The summed E-state index contributed by atoms with van der Waals surface area (Å²) in [6.07, 6.45) is 6.70. The molecule has 5 atom stereocenters. The van der Waals surface area contributed by atoms with Crippen molar-refractivity contribution >= 4 is 11.5 Å². The molecule has 0 spiro atoms. The van der Waals surface area contributed by atoms with E-state index in [4.69, 9.17) is 4.74 Å². The molecule has 2 unspecified atom stereocenters. The van der Waals surface area contributed by atoms with Crippen LogP contribution in [0.4, 0.5) is 5.69 Å². The van der Waals surface area contributed by atoms with Crippen molar-refractivity contribution < 1.29 is 14.6 Å². The Morgan fingerprint density at radius 2 is 1.66 bits per heavy atom. The molecule has 1 saturated heterocycles. The van der Waals surface area contributed by atoms with E-state index >= 15 is 0 Å². The molecular formula is C34H55NO3. The van der Waals surface area contributed by atoms with Gasteiger partial charge in [-0.15, -0.1) is 5.92 Å². The van der Waals surface area contributed by atoms with Crippen LogP contribution in [0.1, 0.15) is 101 Å². The van der Waals surface area contributed by atoms with Crippen LogP contribution in [0.5, 0.6) is 0 Å². The molecule has 0 amide bonds. The first-order valence-corrected chi connectivity index (χ1v) is 12.3. The highest BCUT2D eigenvalue weighted by Crippen LogP contribution is 2.61. The van der Waals surface area contributed by atoms with Crippen LogP contribution in [-0.4, -0.2) is 37.2 Å². The fraction of sp³-hybridized carbons (Fsp3) is 0.618. The van der Waals surface area contributed by atoms with Crippen LogP contribution in [0.15, 0.2) is 47.1 Å². The standard InChI is InChI=1S/C29H35NO3.5CH4/c1-5-15-29(32)16-14-25-24-12-8-20-17-22(31)11-13-23(20)26(24)27(33-18-28(25,29)2)19-6-9-21(10-7-19)30(3)4;;;;;/h6-7,9-10,17,24-25,27,32H,8,11-14,16,18H2,1-4H3;5*1H4/t24?,25?,27-,28+,29+;;;;;/m1...../s1. The number of ether oxygens (including phenoxy) is 1. The zero-order valence-corrected chi connectivity index (χ0v) is 20.3. The summed E-state index contributed by atoms with van der Waals surface area (Å²) < 4.78 is 6.78. The fourth-order valence-electron chi connectivity index (χ4n) is 6.90. The van der Waals surface area contributed by atoms with Gasteiger partial charge >= 0.3 is 0 Å². The Morgan fingerprint density at radius 3 is 2.26 bits per heavy atom. The molecule has 0 radical (unpaired) electrons. The van der Waals surface area contributed by atoms with Crippen molar-refractivity contribution in [2.24, 2.45) is 17.3 Å². The first-order valence-electron chi connectivity index (χ1n) is 12.3. The highest BCUT2D eigenvalue weighted by Gasteiger charge is 2.61. The Bertz CT molecular complexity index is 1090. The average Bonchev–Trinajstić information content (AvgIpc) is 2.96. The normalized spacial score (nSPS) is 30.8. The molecule has 3 aliphatic carbocycles. The topological polar surface area (TPSA) is 49.8 Å². The Labute approximate surface area is 234 Å². The molecule has 0 aromatic heterocycles. The summed E-state index contributed by atoms with van der Waals surface area (Å²) in [4.78, 5) is 14.3. The number of allylic oxidation sites excluding steroid dienone is 3. The Kier molecular flexibility index (Phi) is 12.3. The van der Waals surface area contributed by atoms with Gasteiger partial charge in [0.2, 0.25) is 0 Å². The second-order valence-electron chi connectivity index (χ2n) is 10.7. The summed E-state index contributed by atoms with van der Waals surface area (Å²) in [5.41, 5.74) is 4.78. The first-order chi connectivity index (χ1) is 15.8. The van der Waals surface area contributed by atoms with Gasteiger partial charge in [0.15, 0.2) is 5.78 Å². The number of hydrogen-bond acceptors (Lipinski definition) is 4. The molecule has 0 bridgehead atoms. The average molecular weight is 526 g/mol. The number of nitrogens with zero attached hydrogens (tertiary/aromatic N) is 1. The number of aliphatic hydroxyl groups is 1. The molecule has 38 heavy (non-hydrogen) atoms. The number of benzene rings is 1.